The van der Waals surface area contributed by atoms with E-state index in [9.17, 15) is 9.18 Å². The number of amides is 1. The molecule has 7 heteroatoms. The second-order valence-corrected chi connectivity index (χ2v) is 6.44. The van der Waals surface area contributed by atoms with Crippen LogP contribution in [0.4, 0.5) is 15.2 Å². The summed E-state index contributed by atoms with van der Waals surface area (Å²) in [5, 5.41) is 5.11. The molecule has 0 unspecified atom stereocenters. The molecule has 0 saturated heterocycles. The lowest BCUT2D eigenvalue weighted by molar-refractivity contribution is -0.116. The summed E-state index contributed by atoms with van der Waals surface area (Å²) in [5.74, 6) is 0.198. The van der Waals surface area contributed by atoms with E-state index in [1.54, 1.807) is 24.3 Å². The summed E-state index contributed by atoms with van der Waals surface area (Å²) in [4.78, 5) is 16.4. The first-order chi connectivity index (χ1) is 12.6. The van der Waals surface area contributed by atoms with Gasteiger partial charge in [-0.05, 0) is 42.8 Å². The van der Waals surface area contributed by atoms with Crippen molar-refractivity contribution in [3.05, 3.63) is 59.7 Å². The quantitative estimate of drug-likeness (QED) is 0.479. The van der Waals surface area contributed by atoms with Crippen molar-refractivity contribution < 1.29 is 13.9 Å². The van der Waals surface area contributed by atoms with E-state index in [1.165, 1.54) is 23.5 Å². The van der Waals surface area contributed by atoms with E-state index in [-0.39, 0.29) is 11.7 Å². The molecule has 2 aromatic carbocycles. The summed E-state index contributed by atoms with van der Waals surface area (Å²) in [6.07, 6.45) is 0.883. The highest BCUT2D eigenvalue weighted by Crippen LogP contribution is 2.25. The van der Waals surface area contributed by atoms with Crippen molar-refractivity contribution >= 4 is 28.1 Å². The van der Waals surface area contributed by atoms with Crippen LogP contribution in [0, 0.1) is 5.82 Å². The second kappa shape index (κ2) is 8.44. The van der Waals surface area contributed by atoms with E-state index in [4.69, 9.17) is 10.5 Å². The van der Waals surface area contributed by atoms with Gasteiger partial charge in [0.05, 0.1) is 18.0 Å². The zero-order chi connectivity index (χ0) is 18.4. The first kappa shape index (κ1) is 17.9. The van der Waals surface area contributed by atoms with Crippen molar-refractivity contribution in [2.75, 3.05) is 17.7 Å². The monoisotopic (exact) mass is 371 g/mol. The number of rotatable bonds is 7. The summed E-state index contributed by atoms with van der Waals surface area (Å²) >= 11 is 1.33. The van der Waals surface area contributed by atoms with Crippen LogP contribution in [-0.2, 0) is 4.79 Å². The van der Waals surface area contributed by atoms with Crippen LogP contribution in [0.15, 0.2) is 53.9 Å². The Morgan fingerprint density at radius 1 is 1.19 bits per heavy atom. The number of nitrogen functional groups attached to an aromatic ring is 1. The molecule has 0 radical (unpaired) electrons. The molecular weight excluding hydrogens is 353 g/mol. The first-order valence-electron chi connectivity index (χ1n) is 8.10. The van der Waals surface area contributed by atoms with E-state index >= 15 is 0 Å². The molecular formula is C19H18FN3O2S. The maximum Gasteiger partial charge on any atom is 0.226 e. The molecule has 0 atom stereocenters. The number of nitrogens with two attached hydrogens (primary N) is 1. The number of nitrogens with zero attached hydrogens (tertiary/aromatic N) is 1. The lowest BCUT2D eigenvalue weighted by Gasteiger charge is -2.08. The van der Waals surface area contributed by atoms with Gasteiger partial charge in [0, 0.05) is 17.4 Å². The van der Waals surface area contributed by atoms with Gasteiger partial charge in [0.25, 0.3) is 0 Å². The Morgan fingerprint density at radius 2 is 1.96 bits per heavy atom. The van der Waals surface area contributed by atoms with Gasteiger partial charge in [-0.1, -0.05) is 12.1 Å². The van der Waals surface area contributed by atoms with Crippen LogP contribution in [-0.4, -0.2) is 17.5 Å². The van der Waals surface area contributed by atoms with Gasteiger partial charge in [0.15, 0.2) is 5.13 Å². The minimum Gasteiger partial charge on any atom is -0.491 e. The smallest absolute Gasteiger partial charge is 0.226 e. The van der Waals surface area contributed by atoms with Gasteiger partial charge < -0.3 is 15.8 Å². The highest BCUT2D eigenvalue weighted by molar-refractivity contribution is 7.14. The van der Waals surface area contributed by atoms with Crippen LogP contribution in [0.3, 0.4) is 0 Å². The lowest BCUT2D eigenvalue weighted by atomic mass is 10.2. The molecule has 134 valence electrons. The fourth-order valence-electron chi connectivity index (χ4n) is 2.29. The number of hydrogen-bond acceptors (Lipinski definition) is 5. The number of nitrogens with one attached hydrogen (secondary N) is 1. The number of halogens is 1. The van der Waals surface area contributed by atoms with Gasteiger partial charge >= 0.3 is 0 Å². The van der Waals surface area contributed by atoms with Crippen molar-refractivity contribution in [2.45, 2.75) is 12.8 Å². The van der Waals surface area contributed by atoms with Crippen molar-refractivity contribution in [2.24, 2.45) is 0 Å². The van der Waals surface area contributed by atoms with Crippen molar-refractivity contribution in [1.82, 2.24) is 4.98 Å². The normalized spacial score (nSPS) is 10.5. The fraction of sp³-hybridized carbons (Fsp3) is 0.158. The molecule has 0 spiro atoms. The number of carbonyl (C=O) groups excluding carboxylic acids is 1. The van der Waals surface area contributed by atoms with E-state index < -0.39 is 0 Å². The van der Waals surface area contributed by atoms with E-state index in [0.717, 1.165) is 5.56 Å². The average molecular weight is 371 g/mol. The molecule has 1 aromatic heterocycles. The van der Waals surface area contributed by atoms with Crippen LogP contribution >= 0.6 is 11.3 Å². The summed E-state index contributed by atoms with van der Waals surface area (Å²) in [6.45, 7) is 0.403. The third-order valence-corrected chi connectivity index (χ3v) is 4.37. The highest BCUT2D eigenvalue weighted by atomic mass is 32.1. The Labute approximate surface area is 154 Å². The van der Waals surface area contributed by atoms with Gasteiger partial charge in [-0.15, -0.1) is 11.3 Å². The number of benzene rings is 2. The lowest BCUT2D eigenvalue weighted by Crippen LogP contribution is -2.12. The van der Waals surface area contributed by atoms with Gasteiger partial charge in [0.1, 0.15) is 11.6 Å². The molecule has 0 saturated carbocycles. The number of carbonyl (C=O) groups is 1. The van der Waals surface area contributed by atoms with Gasteiger partial charge in [-0.25, -0.2) is 9.37 Å². The van der Waals surface area contributed by atoms with E-state index in [2.05, 4.69) is 10.3 Å². The molecule has 5 nitrogen and oxygen atoms in total. The summed E-state index contributed by atoms with van der Waals surface area (Å²) in [5.41, 5.74) is 7.87. The standard InChI is InChI=1S/C19H18FN3O2S/c20-14-9-7-13(8-10-14)16-12-26-19(22-16)23-18(24)6-3-11-25-17-5-2-1-4-15(17)21/h1-2,4-5,7-10,12H,3,6,11,21H2,(H,22,23,24). The Balaban J connectivity index is 1.45. The van der Waals surface area contributed by atoms with Crippen LogP contribution in [0.2, 0.25) is 0 Å². The molecule has 0 aliphatic rings. The zero-order valence-corrected chi connectivity index (χ0v) is 14.8. The van der Waals surface area contributed by atoms with Crippen LogP contribution in [0.1, 0.15) is 12.8 Å². The highest BCUT2D eigenvalue weighted by Gasteiger charge is 2.08. The molecule has 0 aliphatic carbocycles. The molecule has 26 heavy (non-hydrogen) atoms. The number of ether oxygens (including phenoxy) is 1. The summed E-state index contributed by atoms with van der Waals surface area (Å²) in [6, 6.07) is 13.3. The van der Waals surface area contributed by atoms with Crippen molar-refractivity contribution in [3.63, 3.8) is 0 Å². The minimum atomic E-state index is -0.294. The fourth-order valence-corrected chi connectivity index (χ4v) is 3.03. The summed E-state index contributed by atoms with van der Waals surface area (Å²) in [7, 11) is 0. The number of aromatic nitrogens is 1. The second-order valence-electron chi connectivity index (χ2n) is 5.58. The van der Waals surface area contributed by atoms with Crippen LogP contribution in [0.5, 0.6) is 5.75 Å². The van der Waals surface area contributed by atoms with Crippen LogP contribution < -0.4 is 15.8 Å². The third kappa shape index (κ3) is 4.80. The molecule has 3 N–H and O–H groups in total. The zero-order valence-electron chi connectivity index (χ0n) is 13.9. The predicted octanol–water partition coefficient (Wildman–Crippen LogP) is 4.33. The Bertz CT molecular complexity index is 881. The Morgan fingerprint density at radius 3 is 2.73 bits per heavy atom. The minimum absolute atomic E-state index is 0.130. The molecule has 3 rings (SSSR count). The molecule has 1 heterocycles. The van der Waals surface area contributed by atoms with Gasteiger partial charge in [-0.3, -0.25) is 4.79 Å². The third-order valence-electron chi connectivity index (χ3n) is 3.62. The SMILES string of the molecule is Nc1ccccc1OCCCC(=O)Nc1nc(-c2ccc(F)cc2)cs1. The topological polar surface area (TPSA) is 77.2 Å². The Hall–Kier alpha value is -2.93. The first-order valence-corrected chi connectivity index (χ1v) is 8.98. The number of para-hydroxylation sites is 2. The van der Waals surface area contributed by atoms with E-state index in [1.807, 2.05) is 17.5 Å². The molecule has 0 fully saturated rings. The maximum atomic E-state index is 13.0. The van der Waals surface area contributed by atoms with Gasteiger partial charge in [0.2, 0.25) is 5.91 Å². The number of thiazole rings is 1. The number of hydrogen-bond donors (Lipinski definition) is 2. The molecule has 1 amide bonds. The number of anilines is 2. The average Bonchev–Trinajstić information content (AvgIpc) is 3.09. The Kier molecular flexibility index (Phi) is 5.80. The molecule has 0 aliphatic heterocycles. The largest absolute Gasteiger partial charge is 0.491 e. The van der Waals surface area contributed by atoms with E-state index in [0.29, 0.717) is 41.7 Å². The molecule has 0 bridgehead atoms. The van der Waals surface area contributed by atoms with Crippen LogP contribution in [0.25, 0.3) is 11.3 Å². The maximum absolute atomic E-state index is 13.0. The van der Waals surface area contributed by atoms with Crippen molar-refractivity contribution in [1.29, 1.82) is 0 Å². The van der Waals surface area contributed by atoms with Gasteiger partial charge in [-0.2, -0.15) is 0 Å². The summed E-state index contributed by atoms with van der Waals surface area (Å²) < 4.78 is 18.5. The predicted molar refractivity (Wildman–Crippen MR) is 102 cm³/mol. The molecule has 3 aromatic rings. The van der Waals surface area contributed by atoms with Crippen molar-refractivity contribution in [3.8, 4) is 17.0 Å².